The van der Waals surface area contributed by atoms with Crippen molar-refractivity contribution in [2.24, 2.45) is 14.1 Å². The lowest BCUT2D eigenvalue weighted by atomic mass is 10.00. The van der Waals surface area contributed by atoms with Crippen molar-refractivity contribution < 1.29 is 18.4 Å². The highest BCUT2D eigenvalue weighted by Gasteiger charge is 2.24. The molecule has 330 valence electrons. The van der Waals surface area contributed by atoms with Gasteiger partial charge < -0.3 is 5.41 Å². The summed E-state index contributed by atoms with van der Waals surface area (Å²) < 4.78 is 33.8. The van der Waals surface area contributed by atoms with Crippen LogP contribution in [0.2, 0.25) is 0 Å². The van der Waals surface area contributed by atoms with Gasteiger partial charge in [-0.05, 0) is 62.1 Å². The second-order valence-electron chi connectivity index (χ2n) is 15.7. The summed E-state index contributed by atoms with van der Waals surface area (Å²) in [7, 11) is 3.36. The van der Waals surface area contributed by atoms with Crippen LogP contribution in [0.1, 0.15) is 66.1 Å². The zero-order valence-electron chi connectivity index (χ0n) is 37.0. The number of nitrogens with zero attached hydrogens (tertiary/aromatic N) is 12. The van der Waals surface area contributed by atoms with Gasteiger partial charge >= 0.3 is 0 Å². The number of hydrogen-bond acceptors (Lipinski definition) is 12. The topological polar surface area (TPSA) is 188 Å². The van der Waals surface area contributed by atoms with Crippen molar-refractivity contribution in [3.05, 3.63) is 178 Å². The minimum atomic E-state index is -0.559. The Bertz CT molecular complexity index is 3290. The highest BCUT2D eigenvalue weighted by molar-refractivity contribution is 6.03. The number of rotatable bonds is 12. The van der Waals surface area contributed by atoms with Gasteiger partial charge in [0, 0.05) is 79.4 Å². The first-order chi connectivity index (χ1) is 31.7. The first-order valence-corrected chi connectivity index (χ1v) is 20.8. The van der Waals surface area contributed by atoms with Gasteiger partial charge in [-0.3, -0.25) is 23.9 Å². The molecule has 66 heavy (non-hydrogen) atoms. The quantitative estimate of drug-likeness (QED) is 0.0930. The molecule has 7 heterocycles. The van der Waals surface area contributed by atoms with Crippen molar-refractivity contribution in [3.8, 4) is 33.9 Å². The molecule has 17 heteroatoms. The molecule has 1 N–H and O–H groups in total. The monoisotopic (exact) mass is 883 g/mol. The van der Waals surface area contributed by atoms with E-state index in [0.717, 1.165) is 28.5 Å². The summed E-state index contributed by atoms with van der Waals surface area (Å²) in [6.07, 6.45) is 8.90. The Kier molecular flexibility index (Phi) is 12.6. The summed E-state index contributed by atoms with van der Waals surface area (Å²) in [4.78, 5) is 52.5. The van der Waals surface area contributed by atoms with Crippen LogP contribution >= 0.6 is 0 Å². The van der Waals surface area contributed by atoms with Crippen LogP contribution in [-0.4, -0.2) is 76.4 Å². The fourth-order valence-electron chi connectivity index (χ4n) is 7.48. The van der Waals surface area contributed by atoms with E-state index in [-0.39, 0.29) is 42.0 Å². The van der Waals surface area contributed by atoms with Gasteiger partial charge in [0.05, 0.1) is 36.2 Å². The standard InChI is InChI=1S/C25H23FN6O.C24H20FN7O/c1-15-12-28-16(2)31-24(15)20-13-30-32(3)25(20)23(33)10-18-9-19(29-14-21(18)26)11-22(27)17-7-5-4-6-8-17;1-14-11-26-15(2)28-22(14)18-12-27-31(3)23(18)20(33)9-17-10-21-29-24(16-7-5-4-6-8-16)30-32(21)13-19(17)25/h4-9,12-14,27H,10-11H2,1-3H3;4-8,10-13H,9H2,1-3H3. The largest absolute Gasteiger partial charge is 0.304 e. The van der Waals surface area contributed by atoms with E-state index in [9.17, 15) is 18.4 Å². The second kappa shape index (κ2) is 18.8. The normalized spacial score (nSPS) is 11.1. The van der Waals surface area contributed by atoms with Crippen molar-refractivity contribution >= 4 is 22.9 Å². The number of carbonyl (C=O) groups is 2. The predicted molar refractivity (Wildman–Crippen MR) is 243 cm³/mol. The molecule has 15 nitrogen and oxygen atoms in total. The SMILES string of the molecule is Cc1ncc(C)c(-c2cnn(C)c2C(=O)Cc2cc(CC(=N)c3ccccc3)ncc2F)n1.Cc1ncc(C)c(-c2cnn(C)c2C(=O)Cc2cc3nc(-c4ccccc4)nn3cc2F)n1. The van der Waals surface area contributed by atoms with Gasteiger partial charge in [0.1, 0.15) is 34.7 Å². The molecule has 0 saturated carbocycles. The molecule has 0 radical (unpaired) electrons. The number of Topliss-reactive ketones (excluding diaryl/α,β-unsaturated/α-hetero) is 2. The van der Waals surface area contributed by atoms with Crippen LogP contribution in [0.15, 0.2) is 110 Å². The van der Waals surface area contributed by atoms with E-state index in [2.05, 4.69) is 45.2 Å². The first kappa shape index (κ1) is 44.3. The van der Waals surface area contributed by atoms with E-state index in [4.69, 9.17) is 5.41 Å². The molecular formula is C49H43F2N13O2. The molecule has 9 aromatic rings. The number of ketones is 2. The predicted octanol–water partition coefficient (Wildman–Crippen LogP) is 7.83. The Morgan fingerprint density at radius 3 is 1.71 bits per heavy atom. The molecule has 9 rings (SSSR count). The lowest BCUT2D eigenvalue weighted by Crippen LogP contribution is -2.13. The van der Waals surface area contributed by atoms with Crippen molar-refractivity contribution in [2.75, 3.05) is 0 Å². The minimum absolute atomic E-state index is 0.147. The first-order valence-electron chi connectivity index (χ1n) is 20.8. The molecule has 7 aromatic heterocycles. The molecule has 0 spiro atoms. The van der Waals surface area contributed by atoms with Crippen molar-refractivity contribution in [3.63, 3.8) is 0 Å². The summed E-state index contributed by atoms with van der Waals surface area (Å²) >= 11 is 0. The smallest absolute Gasteiger partial charge is 0.186 e. The summed E-state index contributed by atoms with van der Waals surface area (Å²) in [5.74, 6) is 0.0248. The Morgan fingerprint density at radius 1 is 0.621 bits per heavy atom. The molecule has 0 unspecified atom stereocenters. The number of nitrogens with one attached hydrogen (secondary N) is 1. The Labute approximate surface area is 377 Å². The molecule has 0 aliphatic carbocycles. The van der Waals surface area contributed by atoms with Gasteiger partial charge in [-0.25, -0.2) is 38.2 Å². The number of halogens is 2. The van der Waals surface area contributed by atoms with Crippen molar-refractivity contribution in [1.29, 1.82) is 5.41 Å². The Balaban J connectivity index is 0.000000179. The summed E-state index contributed by atoms with van der Waals surface area (Å²) in [5.41, 5.74) is 8.25. The fourth-order valence-corrected chi connectivity index (χ4v) is 7.48. The average Bonchev–Trinajstić information content (AvgIpc) is 4.03. The Hall–Kier alpha value is -8.34. The van der Waals surface area contributed by atoms with Gasteiger partial charge in [0.2, 0.25) is 0 Å². The lowest BCUT2D eigenvalue weighted by Gasteiger charge is -2.10. The molecule has 0 atom stereocenters. The van der Waals surface area contributed by atoms with E-state index in [0.29, 0.717) is 68.4 Å². The molecule has 0 bridgehead atoms. The van der Waals surface area contributed by atoms with E-state index in [1.165, 1.54) is 20.1 Å². The van der Waals surface area contributed by atoms with Crippen LogP contribution in [0.5, 0.6) is 0 Å². The van der Waals surface area contributed by atoms with Crippen molar-refractivity contribution in [2.45, 2.75) is 47.0 Å². The zero-order valence-corrected chi connectivity index (χ0v) is 37.0. The number of carbonyl (C=O) groups excluding carboxylic acids is 2. The lowest BCUT2D eigenvalue weighted by molar-refractivity contribution is 0.0975. The number of aromatic nitrogens is 12. The van der Waals surface area contributed by atoms with Gasteiger partial charge in [-0.15, -0.1) is 5.10 Å². The van der Waals surface area contributed by atoms with Crippen LogP contribution in [0.4, 0.5) is 8.78 Å². The van der Waals surface area contributed by atoms with E-state index in [1.807, 2.05) is 74.5 Å². The zero-order chi connectivity index (χ0) is 46.6. The fraction of sp³-hybridized carbons (Fsp3) is 0.184. The van der Waals surface area contributed by atoms with Gasteiger partial charge in [-0.2, -0.15) is 10.2 Å². The van der Waals surface area contributed by atoms with E-state index >= 15 is 0 Å². The summed E-state index contributed by atoms with van der Waals surface area (Å²) in [6, 6.07) is 21.9. The molecule has 0 amide bonds. The minimum Gasteiger partial charge on any atom is -0.304 e. The van der Waals surface area contributed by atoms with Crippen LogP contribution in [-0.2, 0) is 33.4 Å². The van der Waals surface area contributed by atoms with Crippen LogP contribution in [0.3, 0.4) is 0 Å². The highest BCUT2D eigenvalue weighted by atomic mass is 19.1. The molecule has 0 fully saturated rings. The number of benzene rings is 2. The van der Waals surface area contributed by atoms with Crippen LogP contribution in [0.25, 0.3) is 39.5 Å². The molecule has 0 aliphatic heterocycles. The number of hydrogen-bond donors (Lipinski definition) is 1. The highest BCUT2D eigenvalue weighted by Crippen LogP contribution is 2.28. The third-order valence-electron chi connectivity index (χ3n) is 10.8. The van der Waals surface area contributed by atoms with Gasteiger partial charge in [0.25, 0.3) is 0 Å². The second-order valence-corrected chi connectivity index (χ2v) is 15.7. The molecule has 2 aromatic carbocycles. The van der Waals surface area contributed by atoms with E-state index < -0.39 is 11.6 Å². The maximum atomic E-state index is 14.9. The van der Waals surface area contributed by atoms with E-state index in [1.54, 1.807) is 64.9 Å². The third kappa shape index (κ3) is 9.45. The molecule has 0 aliphatic rings. The van der Waals surface area contributed by atoms with Crippen LogP contribution < -0.4 is 0 Å². The maximum absolute atomic E-state index is 14.9. The number of pyridine rings is 2. The Morgan fingerprint density at radius 2 is 1.15 bits per heavy atom. The van der Waals surface area contributed by atoms with Gasteiger partial charge in [0.15, 0.2) is 23.0 Å². The summed E-state index contributed by atoms with van der Waals surface area (Å²) in [5, 5.41) is 21.2. The summed E-state index contributed by atoms with van der Waals surface area (Å²) in [6.45, 7) is 7.31. The van der Waals surface area contributed by atoms with Crippen LogP contribution in [0, 0.1) is 44.7 Å². The average molecular weight is 884 g/mol. The third-order valence-corrected chi connectivity index (χ3v) is 10.8. The molecule has 0 saturated heterocycles. The maximum Gasteiger partial charge on any atom is 0.186 e. The number of fused-ring (bicyclic) bond motifs is 1. The van der Waals surface area contributed by atoms with Crippen molar-refractivity contribution in [1.82, 2.24) is 59.1 Å². The number of aryl methyl sites for hydroxylation is 6. The van der Waals surface area contributed by atoms with Gasteiger partial charge in [-0.1, -0.05) is 60.7 Å². The molecular weight excluding hydrogens is 841 g/mol.